The summed E-state index contributed by atoms with van der Waals surface area (Å²) in [6, 6.07) is 13.2. The van der Waals surface area contributed by atoms with Crippen molar-refractivity contribution in [3.05, 3.63) is 55.1 Å². The second kappa shape index (κ2) is 6.85. The van der Waals surface area contributed by atoms with E-state index in [4.69, 9.17) is 0 Å². The van der Waals surface area contributed by atoms with Crippen LogP contribution >= 0.6 is 43.2 Å². The van der Waals surface area contributed by atoms with Crippen molar-refractivity contribution in [1.82, 2.24) is 5.32 Å². The Morgan fingerprint density at radius 1 is 1.22 bits per heavy atom. The Balaban J connectivity index is 2.16. The topological polar surface area (TPSA) is 12.0 Å². The quantitative estimate of drug-likeness (QED) is 0.745. The van der Waals surface area contributed by atoms with Crippen molar-refractivity contribution in [3.8, 4) is 0 Å². The zero-order valence-corrected chi connectivity index (χ0v) is 14.1. The van der Waals surface area contributed by atoms with E-state index in [-0.39, 0.29) is 0 Å². The number of hydrogen-bond acceptors (Lipinski definition) is 2. The van der Waals surface area contributed by atoms with Gasteiger partial charge >= 0.3 is 0 Å². The molecule has 1 aromatic carbocycles. The number of halogens is 2. The number of rotatable bonds is 5. The molecule has 0 bridgehead atoms. The van der Waals surface area contributed by atoms with Gasteiger partial charge in [-0.05, 0) is 58.7 Å². The highest BCUT2D eigenvalue weighted by atomic mass is 79.9. The number of nitrogens with one attached hydrogen (secondary N) is 1. The average molecular weight is 389 g/mol. The molecule has 2 aromatic rings. The van der Waals surface area contributed by atoms with Crippen molar-refractivity contribution in [3.63, 3.8) is 0 Å². The minimum atomic E-state index is 0.389. The van der Waals surface area contributed by atoms with Gasteiger partial charge in [-0.2, -0.15) is 0 Å². The summed E-state index contributed by atoms with van der Waals surface area (Å²) < 4.78 is 2.33. The summed E-state index contributed by atoms with van der Waals surface area (Å²) in [4.78, 5) is 1.38. The molecule has 1 unspecified atom stereocenters. The van der Waals surface area contributed by atoms with Crippen molar-refractivity contribution in [1.29, 1.82) is 0 Å². The SMILES string of the molecule is CCNC(Cc1cccc(Br)c1)c1ccc(Br)s1. The first-order chi connectivity index (χ1) is 8.69. The second-order valence-corrected chi connectivity index (χ2v) is 7.50. The van der Waals surface area contributed by atoms with E-state index in [1.54, 1.807) is 11.3 Å². The molecule has 18 heavy (non-hydrogen) atoms. The van der Waals surface area contributed by atoms with Gasteiger partial charge in [-0.1, -0.05) is 35.0 Å². The molecule has 2 rings (SSSR count). The summed E-state index contributed by atoms with van der Waals surface area (Å²) in [7, 11) is 0. The van der Waals surface area contributed by atoms with Gasteiger partial charge in [0.1, 0.15) is 0 Å². The first-order valence-electron chi connectivity index (χ1n) is 5.92. The predicted molar refractivity (Wildman–Crippen MR) is 86.3 cm³/mol. The third-order valence-electron chi connectivity index (χ3n) is 2.72. The molecule has 0 amide bonds. The molecule has 1 nitrogen and oxygen atoms in total. The van der Waals surface area contributed by atoms with Gasteiger partial charge in [0.05, 0.1) is 3.79 Å². The van der Waals surface area contributed by atoms with E-state index in [2.05, 4.69) is 80.5 Å². The Morgan fingerprint density at radius 3 is 2.67 bits per heavy atom. The molecule has 0 aliphatic carbocycles. The number of benzene rings is 1. The molecule has 1 aromatic heterocycles. The van der Waals surface area contributed by atoms with E-state index in [1.165, 1.54) is 14.2 Å². The Hall–Kier alpha value is -0.160. The normalized spacial score (nSPS) is 12.6. The maximum absolute atomic E-state index is 3.55. The molecule has 1 heterocycles. The molecule has 0 saturated carbocycles. The number of likely N-dealkylation sites (N-methyl/N-ethyl adjacent to an activating group) is 1. The van der Waals surface area contributed by atoms with Gasteiger partial charge in [-0.15, -0.1) is 11.3 Å². The van der Waals surface area contributed by atoms with Crippen LogP contribution in [0.3, 0.4) is 0 Å². The summed E-state index contributed by atoms with van der Waals surface area (Å²) in [5, 5.41) is 3.55. The summed E-state index contributed by atoms with van der Waals surface area (Å²) in [5.41, 5.74) is 1.35. The molecule has 0 saturated heterocycles. The highest BCUT2D eigenvalue weighted by molar-refractivity contribution is 9.11. The maximum atomic E-state index is 3.55. The fourth-order valence-corrected chi connectivity index (χ4v) is 3.88. The molecule has 96 valence electrons. The van der Waals surface area contributed by atoms with E-state index in [1.807, 2.05) is 0 Å². The monoisotopic (exact) mass is 387 g/mol. The van der Waals surface area contributed by atoms with Crippen LogP contribution in [0.2, 0.25) is 0 Å². The molecule has 0 aliphatic rings. The van der Waals surface area contributed by atoms with E-state index in [0.29, 0.717) is 6.04 Å². The summed E-state index contributed by atoms with van der Waals surface area (Å²) in [6.45, 7) is 3.13. The van der Waals surface area contributed by atoms with Crippen LogP contribution in [-0.4, -0.2) is 6.54 Å². The smallest absolute Gasteiger partial charge is 0.0701 e. The van der Waals surface area contributed by atoms with Crippen molar-refractivity contribution in [2.45, 2.75) is 19.4 Å². The highest BCUT2D eigenvalue weighted by Gasteiger charge is 2.13. The van der Waals surface area contributed by atoms with Gasteiger partial charge in [-0.25, -0.2) is 0 Å². The van der Waals surface area contributed by atoms with Crippen LogP contribution < -0.4 is 5.32 Å². The minimum absolute atomic E-state index is 0.389. The molecule has 4 heteroatoms. The Labute approximate surface area is 129 Å². The van der Waals surface area contributed by atoms with Gasteiger partial charge in [0.25, 0.3) is 0 Å². The minimum Gasteiger partial charge on any atom is -0.309 e. The van der Waals surface area contributed by atoms with Gasteiger partial charge in [0, 0.05) is 15.4 Å². The molecule has 1 N–H and O–H groups in total. The van der Waals surface area contributed by atoms with Crippen LogP contribution in [0.1, 0.15) is 23.4 Å². The van der Waals surface area contributed by atoms with Crippen molar-refractivity contribution < 1.29 is 0 Å². The molecular formula is C14H15Br2NS. The lowest BCUT2D eigenvalue weighted by molar-refractivity contribution is 0.558. The summed E-state index contributed by atoms with van der Waals surface area (Å²) >= 11 is 8.86. The lowest BCUT2D eigenvalue weighted by atomic mass is 10.0. The second-order valence-electron chi connectivity index (χ2n) is 4.09. The molecule has 0 fully saturated rings. The molecule has 0 aliphatic heterocycles. The van der Waals surface area contributed by atoms with Gasteiger partial charge in [0.15, 0.2) is 0 Å². The third-order valence-corrected chi connectivity index (χ3v) is 4.95. The zero-order valence-electron chi connectivity index (χ0n) is 10.1. The fraction of sp³-hybridized carbons (Fsp3) is 0.286. The Kier molecular flexibility index (Phi) is 5.42. The predicted octanol–water partition coefficient (Wildman–Crippen LogP) is 5.17. The van der Waals surface area contributed by atoms with Crippen LogP contribution in [0.5, 0.6) is 0 Å². The van der Waals surface area contributed by atoms with Gasteiger partial charge < -0.3 is 5.32 Å². The van der Waals surface area contributed by atoms with Gasteiger partial charge in [0.2, 0.25) is 0 Å². The van der Waals surface area contributed by atoms with E-state index >= 15 is 0 Å². The third kappa shape index (κ3) is 3.92. The van der Waals surface area contributed by atoms with Crippen LogP contribution in [0.25, 0.3) is 0 Å². The Bertz CT molecular complexity index is 510. The van der Waals surface area contributed by atoms with Crippen molar-refractivity contribution in [2.75, 3.05) is 6.54 Å². The Morgan fingerprint density at radius 2 is 2.06 bits per heavy atom. The van der Waals surface area contributed by atoms with E-state index in [9.17, 15) is 0 Å². The first kappa shape index (κ1) is 14.3. The standard InChI is InChI=1S/C14H15Br2NS/c1-2-17-12(13-6-7-14(16)18-13)9-10-4-3-5-11(15)8-10/h3-8,12,17H,2,9H2,1H3. The van der Waals surface area contributed by atoms with Crippen LogP contribution in [0, 0.1) is 0 Å². The largest absolute Gasteiger partial charge is 0.309 e. The molecule has 1 atom stereocenters. The van der Waals surface area contributed by atoms with E-state index < -0.39 is 0 Å². The lowest BCUT2D eigenvalue weighted by Gasteiger charge is -2.16. The maximum Gasteiger partial charge on any atom is 0.0701 e. The van der Waals surface area contributed by atoms with Crippen molar-refractivity contribution >= 4 is 43.2 Å². The van der Waals surface area contributed by atoms with Gasteiger partial charge in [-0.3, -0.25) is 0 Å². The van der Waals surface area contributed by atoms with Crippen LogP contribution in [0.4, 0.5) is 0 Å². The number of thiophene rings is 1. The molecular weight excluding hydrogens is 374 g/mol. The van der Waals surface area contributed by atoms with Crippen LogP contribution in [-0.2, 0) is 6.42 Å². The average Bonchev–Trinajstić information content (AvgIpc) is 2.75. The summed E-state index contributed by atoms with van der Waals surface area (Å²) in [6.07, 6.45) is 1.01. The highest BCUT2D eigenvalue weighted by Crippen LogP contribution is 2.29. The van der Waals surface area contributed by atoms with E-state index in [0.717, 1.165) is 17.4 Å². The molecule has 0 spiro atoms. The number of hydrogen-bond donors (Lipinski definition) is 1. The first-order valence-corrected chi connectivity index (χ1v) is 8.32. The lowest BCUT2D eigenvalue weighted by Crippen LogP contribution is -2.22. The molecule has 0 radical (unpaired) electrons. The van der Waals surface area contributed by atoms with Crippen molar-refractivity contribution in [2.24, 2.45) is 0 Å². The fourth-order valence-electron chi connectivity index (χ4n) is 1.93. The zero-order chi connectivity index (χ0) is 13.0. The summed E-state index contributed by atoms with van der Waals surface area (Å²) in [5.74, 6) is 0. The van der Waals surface area contributed by atoms with Crippen LogP contribution in [0.15, 0.2) is 44.7 Å².